The van der Waals surface area contributed by atoms with Gasteiger partial charge < -0.3 is 0 Å². The summed E-state index contributed by atoms with van der Waals surface area (Å²) in [5.41, 5.74) is 0. The van der Waals surface area contributed by atoms with Crippen LogP contribution in [-0.2, 0) is 4.79 Å². The molecule has 0 aliphatic heterocycles. The second-order valence-corrected chi connectivity index (χ2v) is 1.44. The number of carbonyl (C=O) groups is 1. The molecular formula is C5H9FO. The lowest BCUT2D eigenvalue weighted by Crippen LogP contribution is -2.08. The van der Waals surface area contributed by atoms with Crippen LogP contribution in [0.2, 0.25) is 0 Å². The van der Waals surface area contributed by atoms with E-state index < -0.39 is 6.17 Å². The molecule has 1 nitrogen and oxygen atoms in total. The molecular weight excluding hydrogens is 95.1 g/mol. The van der Waals surface area contributed by atoms with Gasteiger partial charge in [-0.1, -0.05) is 6.92 Å². The monoisotopic (exact) mass is 104 g/mol. The van der Waals surface area contributed by atoms with Gasteiger partial charge in [0.15, 0.2) is 12.0 Å². The quantitative estimate of drug-likeness (QED) is 0.516. The molecule has 0 aliphatic rings. The molecule has 0 aliphatic carbocycles. The summed E-state index contributed by atoms with van der Waals surface area (Å²) in [5, 5.41) is 0. The number of rotatable bonds is 2. The van der Waals surface area contributed by atoms with E-state index in [4.69, 9.17) is 0 Å². The summed E-state index contributed by atoms with van der Waals surface area (Å²) in [4.78, 5) is 10.1. The van der Waals surface area contributed by atoms with Crippen LogP contribution >= 0.6 is 0 Å². The second kappa shape index (κ2) is 2.72. The van der Waals surface area contributed by atoms with Gasteiger partial charge in [-0.2, -0.15) is 0 Å². The van der Waals surface area contributed by atoms with E-state index >= 15 is 0 Å². The zero-order valence-electron chi connectivity index (χ0n) is 4.57. The van der Waals surface area contributed by atoms with Crippen molar-refractivity contribution >= 4 is 5.78 Å². The van der Waals surface area contributed by atoms with Crippen molar-refractivity contribution in [2.24, 2.45) is 0 Å². The lowest BCUT2D eigenvalue weighted by molar-refractivity contribution is -0.122. The Bertz CT molecular complexity index is 68.5. The highest BCUT2D eigenvalue weighted by molar-refractivity contribution is 5.82. The van der Waals surface area contributed by atoms with Gasteiger partial charge in [0.25, 0.3) is 0 Å². The SMILES string of the molecule is CCC(=O)[C@@H](C)F. The van der Waals surface area contributed by atoms with E-state index in [0.717, 1.165) is 0 Å². The van der Waals surface area contributed by atoms with Gasteiger partial charge in [0.1, 0.15) is 0 Å². The molecule has 0 spiro atoms. The average Bonchev–Trinajstić information content (AvgIpc) is 1.65. The van der Waals surface area contributed by atoms with Crippen LogP contribution < -0.4 is 0 Å². The van der Waals surface area contributed by atoms with Crippen LogP contribution in [0.25, 0.3) is 0 Å². The van der Waals surface area contributed by atoms with Crippen molar-refractivity contribution in [2.75, 3.05) is 0 Å². The Kier molecular flexibility index (Phi) is 2.56. The number of alkyl halides is 1. The van der Waals surface area contributed by atoms with Crippen molar-refractivity contribution in [3.05, 3.63) is 0 Å². The van der Waals surface area contributed by atoms with E-state index in [1.807, 2.05) is 0 Å². The van der Waals surface area contributed by atoms with Crippen LogP contribution in [-0.4, -0.2) is 12.0 Å². The maximum Gasteiger partial charge on any atom is 0.166 e. The predicted molar refractivity (Wildman–Crippen MR) is 25.9 cm³/mol. The number of hydrogen-bond donors (Lipinski definition) is 0. The number of halogens is 1. The van der Waals surface area contributed by atoms with Gasteiger partial charge in [-0.25, -0.2) is 4.39 Å². The molecule has 0 fully saturated rings. The van der Waals surface area contributed by atoms with E-state index in [1.54, 1.807) is 6.92 Å². The number of ketones is 1. The minimum atomic E-state index is -1.27. The zero-order valence-corrected chi connectivity index (χ0v) is 4.57. The molecule has 0 aromatic heterocycles. The molecule has 0 aromatic rings. The molecule has 7 heavy (non-hydrogen) atoms. The van der Waals surface area contributed by atoms with Crippen molar-refractivity contribution in [2.45, 2.75) is 26.4 Å². The minimum Gasteiger partial charge on any atom is -0.296 e. The van der Waals surface area contributed by atoms with E-state index in [0.29, 0.717) is 6.42 Å². The first kappa shape index (κ1) is 6.60. The summed E-state index contributed by atoms with van der Waals surface area (Å²) >= 11 is 0. The Morgan fingerprint density at radius 2 is 2.29 bits per heavy atom. The molecule has 0 saturated heterocycles. The number of carbonyl (C=O) groups excluding carboxylic acids is 1. The standard InChI is InChI=1S/C5H9FO/c1-3-5(7)4(2)6/h4H,3H2,1-2H3/t4-/m1/s1. The number of Topliss-reactive ketones (excluding diaryl/α,β-unsaturated/α-hetero) is 1. The molecule has 42 valence electrons. The zero-order chi connectivity index (χ0) is 5.86. The van der Waals surface area contributed by atoms with Crippen molar-refractivity contribution in [1.82, 2.24) is 0 Å². The van der Waals surface area contributed by atoms with E-state index in [2.05, 4.69) is 0 Å². The van der Waals surface area contributed by atoms with Gasteiger partial charge >= 0.3 is 0 Å². The smallest absolute Gasteiger partial charge is 0.166 e. The van der Waals surface area contributed by atoms with Crippen LogP contribution in [0.4, 0.5) is 4.39 Å². The van der Waals surface area contributed by atoms with Crippen LogP contribution in [0.3, 0.4) is 0 Å². The molecule has 0 saturated carbocycles. The molecule has 0 radical (unpaired) electrons. The first-order valence-corrected chi connectivity index (χ1v) is 2.35. The lowest BCUT2D eigenvalue weighted by atomic mass is 10.2. The minimum absolute atomic E-state index is 0.303. The van der Waals surface area contributed by atoms with Crippen molar-refractivity contribution in [1.29, 1.82) is 0 Å². The van der Waals surface area contributed by atoms with Gasteiger partial charge in [-0.05, 0) is 6.92 Å². The summed E-state index contributed by atoms with van der Waals surface area (Å²) < 4.78 is 11.7. The fourth-order valence-electron chi connectivity index (χ4n) is 0.281. The molecule has 0 bridgehead atoms. The second-order valence-electron chi connectivity index (χ2n) is 1.44. The third-order valence-corrected chi connectivity index (χ3v) is 0.792. The molecule has 0 unspecified atom stereocenters. The molecule has 0 N–H and O–H groups in total. The molecule has 2 heteroatoms. The van der Waals surface area contributed by atoms with Crippen molar-refractivity contribution < 1.29 is 9.18 Å². The summed E-state index contributed by atoms with van der Waals surface area (Å²) in [6, 6.07) is 0. The number of hydrogen-bond acceptors (Lipinski definition) is 1. The third kappa shape index (κ3) is 2.31. The molecule has 0 rings (SSSR count). The Morgan fingerprint density at radius 3 is 2.29 bits per heavy atom. The van der Waals surface area contributed by atoms with E-state index in [1.165, 1.54) is 6.92 Å². The average molecular weight is 104 g/mol. The first-order chi connectivity index (χ1) is 3.18. The van der Waals surface area contributed by atoms with E-state index in [9.17, 15) is 9.18 Å². The Balaban J connectivity index is 3.35. The summed E-state index contributed by atoms with van der Waals surface area (Å²) in [6.07, 6.45) is -0.970. The van der Waals surface area contributed by atoms with Gasteiger partial charge in [-0.3, -0.25) is 4.79 Å². The largest absolute Gasteiger partial charge is 0.296 e. The first-order valence-electron chi connectivity index (χ1n) is 2.35. The van der Waals surface area contributed by atoms with E-state index in [-0.39, 0.29) is 5.78 Å². The highest BCUT2D eigenvalue weighted by Crippen LogP contribution is 1.92. The molecule has 1 atom stereocenters. The summed E-state index contributed by atoms with van der Waals surface area (Å²) in [6.45, 7) is 2.91. The van der Waals surface area contributed by atoms with Gasteiger partial charge in [0, 0.05) is 6.42 Å². The molecule has 0 aromatic carbocycles. The van der Waals surface area contributed by atoms with Gasteiger partial charge in [-0.15, -0.1) is 0 Å². The predicted octanol–water partition coefficient (Wildman–Crippen LogP) is 1.32. The van der Waals surface area contributed by atoms with Gasteiger partial charge in [0.2, 0.25) is 0 Å². The Hall–Kier alpha value is -0.400. The summed E-state index contributed by atoms with van der Waals surface area (Å²) in [5.74, 6) is -0.319. The summed E-state index contributed by atoms with van der Waals surface area (Å²) in [7, 11) is 0. The van der Waals surface area contributed by atoms with Crippen molar-refractivity contribution in [3.63, 3.8) is 0 Å². The fourth-order valence-corrected chi connectivity index (χ4v) is 0.281. The molecule has 0 heterocycles. The van der Waals surface area contributed by atoms with Crippen LogP contribution in [0, 0.1) is 0 Å². The topological polar surface area (TPSA) is 17.1 Å². The highest BCUT2D eigenvalue weighted by atomic mass is 19.1. The maximum absolute atomic E-state index is 11.7. The Labute approximate surface area is 42.5 Å². The normalized spacial score (nSPS) is 13.6. The highest BCUT2D eigenvalue weighted by Gasteiger charge is 2.05. The lowest BCUT2D eigenvalue weighted by Gasteiger charge is -1.92. The van der Waals surface area contributed by atoms with Crippen LogP contribution in [0.1, 0.15) is 20.3 Å². The Morgan fingerprint density at radius 1 is 1.86 bits per heavy atom. The van der Waals surface area contributed by atoms with Crippen LogP contribution in [0.5, 0.6) is 0 Å². The van der Waals surface area contributed by atoms with Crippen LogP contribution in [0.15, 0.2) is 0 Å². The maximum atomic E-state index is 11.7. The third-order valence-electron chi connectivity index (χ3n) is 0.792. The fraction of sp³-hybridized carbons (Fsp3) is 0.800. The molecule has 0 amide bonds. The van der Waals surface area contributed by atoms with Gasteiger partial charge in [0.05, 0.1) is 0 Å². The van der Waals surface area contributed by atoms with Crippen molar-refractivity contribution in [3.8, 4) is 0 Å².